The molecule has 0 atom stereocenters. The van der Waals surface area contributed by atoms with Gasteiger partial charge < -0.3 is 4.90 Å². The predicted octanol–water partition coefficient (Wildman–Crippen LogP) is 3.92. The summed E-state index contributed by atoms with van der Waals surface area (Å²) < 4.78 is 0. The van der Waals surface area contributed by atoms with Crippen molar-refractivity contribution < 1.29 is 4.79 Å². The van der Waals surface area contributed by atoms with Crippen molar-refractivity contribution in [2.24, 2.45) is 0 Å². The van der Waals surface area contributed by atoms with Crippen LogP contribution in [0.3, 0.4) is 0 Å². The minimum Gasteiger partial charge on any atom is -0.337 e. The maximum atomic E-state index is 12.2. The summed E-state index contributed by atoms with van der Waals surface area (Å²) in [5.41, 5.74) is 1.99. The standard InChI is InChI=1S/C17H16ClNO/c1-19(13-15-10-6-3-7-11-15)17(20)16(18)12-14-8-4-2-5-9-14/h2-12H,13H2,1H3/b16-12-. The van der Waals surface area contributed by atoms with Crippen LogP contribution in [0.1, 0.15) is 11.1 Å². The lowest BCUT2D eigenvalue weighted by atomic mass is 10.2. The molecule has 3 heteroatoms. The molecule has 0 N–H and O–H groups in total. The SMILES string of the molecule is CN(Cc1ccccc1)C(=O)/C(Cl)=C/c1ccccc1. The number of benzene rings is 2. The molecule has 0 heterocycles. The minimum absolute atomic E-state index is 0.181. The predicted molar refractivity (Wildman–Crippen MR) is 83.2 cm³/mol. The van der Waals surface area contributed by atoms with Crippen LogP contribution in [0.4, 0.5) is 0 Å². The fourth-order valence-electron chi connectivity index (χ4n) is 1.87. The Morgan fingerprint density at radius 3 is 2.20 bits per heavy atom. The molecule has 0 radical (unpaired) electrons. The molecule has 0 aromatic heterocycles. The Hall–Kier alpha value is -2.06. The summed E-state index contributed by atoms with van der Waals surface area (Å²) in [5, 5.41) is 0.217. The first-order chi connectivity index (χ1) is 9.66. The van der Waals surface area contributed by atoms with E-state index in [1.54, 1.807) is 18.0 Å². The van der Waals surface area contributed by atoms with Gasteiger partial charge in [0.2, 0.25) is 0 Å². The summed E-state index contributed by atoms with van der Waals surface area (Å²) in [5.74, 6) is -0.181. The first-order valence-corrected chi connectivity index (χ1v) is 6.76. The van der Waals surface area contributed by atoms with Gasteiger partial charge in [-0.3, -0.25) is 4.79 Å². The lowest BCUT2D eigenvalue weighted by molar-refractivity contribution is -0.125. The normalized spacial score (nSPS) is 11.2. The molecule has 0 fully saturated rings. The number of rotatable bonds is 4. The summed E-state index contributed by atoms with van der Waals surface area (Å²) in [6, 6.07) is 19.4. The summed E-state index contributed by atoms with van der Waals surface area (Å²) >= 11 is 6.10. The van der Waals surface area contributed by atoms with Crippen LogP contribution in [-0.4, -0.2) is 17.9 Å². The molecule has 0 bridgehead atoms. The number of carbonyl (C=O) groups excluding carboxylic acids is 1. The van der Waals surface area contributed by atoms with Gasteiger partial charge in [-0.15, -0.1) is 0 Å². The van der Waals surface area contributed by atoms with E-state index in [4.69, 9.17) is 11.6 Å². The zero-order valence-corrected chi connectivity index (χ0v) is 12.0. The van der Waals surface area contributed by atoms with Crippen LogP contribution in [0.2, 0.25) is 0 Å². The van der Waals surface area contributed by atoms with Gasteiger partial charge in [-0.05, 0) is 17.2 Å². The molecule has 0 spiro atoms. The number of hydrogen-bond acceptors (Lipinski definition) is 1. The van der Waals surface area contributed by atoms with Crippen molar-refractivity contribution in [3.63, 3.8) is 0 Å². The van der Waals surface area contributed by atoms with Crippen molar-refractivity contribution >= 4 is 23.6 Å². The highest BCUT2D eigenvalue weighted by Gasteiger charge is 2.12. The highest BCUT2D eigenvalue weighted by atomic mass is 35.5. The van der Waals surface area contributed by atoms with Gasteiger partial charge >= 0.3 is 0 Å². The topological polar surface area (TPSA) is 20.3 Å². The zero-order valence-electron chi connectivity index (χ0n) is 11.3. The molecule has 0 saturated carbocycles. The number of carbonyl (C=O) groups is 1. The highest BCUT2D eigenvalue weighted by molar-refractivity contribution is 6.44. The van der Waals surface area contributed by atoms with E-state index in [9.17, 15) is 4.79 Å². The zero-order chi connectivity index (χ0) is 14.4. The first kappa shape index (κ1) is 14.4. The van der Waals surface area contributed by atoms with Gasteiger partial charge in [-0.25, -0.2) is 0 Å². The van der Waals surface area contributed by atoms with Gasteiger partial charge in [0.15, 0.2) is 0 Å². The minimum atomic E-state index is -0.181. The monoisotopic (exact) mass is 285 g/mol. The van der Waals surface area contributed by atoms with Crippen molar-refractivity contribution in [2.45, 2.75) is 6.54 Å². The molecule has 0 aliphatic heterocycles. The van der Waals surface area contributed by atoms with Crippen molar-refractivity contribution in [1.29, 1.82) is 0 Å². The smallest absolute Gasteiger partial charge is 0.265 e. The maximum absolute atomic E-state index is 12.2. The molecule has 1 amide bonds. The van der Waals surface area contributed by atoms with Crippen LogP contribution in [0.25, 0.3) is 6.08 Å². The molecule has 2 aromatic rings. The summed E-state index contributed by atoms with van der Waals surface area (Å²) in [7, 11) is 1.75. The molecule has 2 nitrogen and oxygen atoms in total. The Morgan fingerprint density at radius 1 is 1.05 bits per heavy atom. The van der Waals surface area contributed by atoms with Crippen LogP contribution < -0.4 is 0 Å². The summed E-state index contributed by atoms with van der Waals surface area (Å²) in [6.07, 6.45) is 1.69. The maximum Gasteiger partial charge on any atom is 0.265 e. The van der Waals surface area contributed by atoms with Crippen LogP contribution in [0, 0.1) is 0 Å². The Morgan fingerprint density at radius 2 is 1.60 bits per heavy atom. The third-order valence-electron chi connectivity index (χ3n) is 2.91. The number of amides is 1. The Kier molecular flexibility index (Phi) is 4.97. The Balaban J connectivity index is 2.05. The fraction of sp³-hybridized carbons (Fsp3) is 0.118. The van der Waals surface area contributed by atoms with Crippen LogP contribution >= 0.6 is 11.6 Å². The number of halogens is 1. The highest BCUT2D eigenvalue weighted by Crippen LogP contribution is 2.14. The number of likely N-dealkylation sites (N-methyl/N-ethyl adjacent to an activating group) is 1. The van der Waals surface area contributed by atoms with E-state index in [0.29, 0.717) is 6.54 Å². The van der Waals surface area contributed by atoms with E-state index in [1.165, 1.54) is 0 Å². The fourth-order valence-corrected chi connectivity index (χ4v) is 2.14. The molecule has 0 unspecified atom stereocenters. The molecule has 2 aromatic carbocycles. The lowest BCUT2D eigenvalue weighted by Gasteiger charge is -2.16. The third-order valence-corrected chi connectivity index (χ3v) is 3.18. The summed E-state index contributed by atoms with van der Waals surface area (Å²) in [4.78, 5) is 13.8. The van der Waals surface area contributed by atoms with Gasteiger partial charge in [0.1, 0.15) is 5.03 Å². The van der Waals surface area contributed by atoms with E-state index in [2.05, 4.69) is 0 Å². The second-order valence-electron chi connectivity index (χ2n) is 4.55. The van der Waals surface area contributed by atoms with Gasteiger partial charge in [-0.1, -0.05) is 72.3 Å². The molecule has 0 saturated heterocycles. The van der Waals surface area contributed by atoms with Gasteiger partial charge in [0, 0.05) is 13.6 Å². The Labute approximate surface area is 124 Å². The van der Waals surface area contributed by atoms with Crippen molar-refractivity contribution in [1.82, 2.24) is 4.90 Å². The van der Waals surface area contributed by atoms with Crippen LogP contribution in [0.15, 0.2) is 65.7 Å². The van der Waals surface area contributed by atoms with Crippen molar-refractivity contribution in [3.8, 4) is 0 Å². The van der Waals surface area contributed by atoms with Crippen molar-refractivity contribution in [2.75, 3.05) is 7.05 Å². The van der Waals surface area contributed by atoms with Gasteiger partial charge in [0.25, 0.3) is 5.91 Å². The van der Waals surface area contributed by atoms with Gasteiger partial charge in [-0.2, -0.15) is 0 Å². The van der Waals surface area contributed by atoms with E-state index < -0.39 is 0 Å². The number of nitrogens with zero attached hydrogens (tertiary/aromatic N) is 1. The molecule has 0 aliphatic rings. The summed E-state index contributed by atoms with van der Waals surface area (Å²) in [6.45, 7) is 0.540. The average Bonchev–Trinajstić information content (AvgIpc) is 2.48. The molecule has 0 aliphatic carbocycles. The molecular weight excluding hydrogens is 270 g/mol. The number of hydrogen-bond donors (Lipinski definition) is 0. The Bertz CT molecular complexity index is 593. The van der Waals surface area contributed by atoms with E-state index in [0.717, 1.165) is 11.1 Å². The van der Waals surface area contributed by atoms with Crippen LogP contribution in [-0.2, 0) is 11.3 Å². The second kappa shape index (κ2) is 6.92. The molecule has 20 heavy (non-hydrogen) atoms. The second-order valence-corrected chi connectivity index (χ2v) is 4.96. The quantitative estimate of drug-likeness (QED) is 0.780. The van der Waals surface area contributed by atoms with E-state index >= 15 is 0 Å². The molecule has 2 rings (SSSR count). The largest absolute Gasteiger partial charge is 0.337 e. The van der Waals surface area contributed by atoms with Crippen molar-refractivity contribution in [3.05, 3.63) is 76.8 Å². The molecule has 102 valence electrons. The first-order valence-electron chi connectivity index (χ1n) is 6.38. The molecular formula is C17H16ClNO. The lowest BCUT2D eigenvalue weighted by Crippen LogP contribution is -2.26. The van der Waals surface area contributed by atoms with E-state index in [1.807, 2.05) is 60.7 Å². The van der Waals surface area contributed by atoms with E-state index in [-0.39, 0.29) is 10.9 Å². The third kappa shape index (κ3) is 3.97. The van der Waals surface area contributed by atoms with Crippen LogP contribution in [0.5, 0.6) is 0 Å². The average molecular weight is 286 g/mol. The van der Waals surface area contributed by atoms with Gasteiger partial charge in [0.05, 0.1) is 0 Å².